The molecular weight excluding hydrogens is 414 g/mol. The summed E-state index contributed by atoms with van der Waals surface area (Å²) in [7, 11) is 0. The van der Waals surface area contributed by atoms with Gasteiger partial charge in [-0.3, -0.25) is 19.4 Å². The van der Waals surface area contributed by atoms with Gasteiger partial charge in [0.25, 0.3) is 11.8 Å². The Hall–Kier alpha value is -2.67. The highest BCUT2D eigenvalue weighted by molar-refractivity contribution is 6.35. The van der Waals surface area contributed by atoms with Crippen molar-refractivity contribution in [1.29, 1.82) is 0 Å². The van der Waals surface area contributed by atoms with Gasteiger partial charge in [0, 0.05) is 44.3 Å². The SMILES string of the molecule is O=C1C(c2ccccc2)=C(N2CCN(CCO)CC2)C(=O)N1CCc1ccc(Cl)cc1. The van der Waals surface area contributed by atoms with Crippen LogP contribution >= 0.6 is 11.6 Å². The van der Waals surface area contributed by atoms with Crippen LogP contribution in [0.3, 0.4) is 0 Å². The van der Waals surface area contributed by atoms with Gasteiger partial charge < -0.3 is 10.0 Å². The van der Waals surface area contributed by atoms with Crippen LogP contribution in [-0.4, -0.2) is 77.5 Å². The van der Waals surface area contributed by atoms with E-state index in [-0.39, 0.29) is 18.4 Å². The quantitative estimate of drug-likeness (QED) is 0.670. The number of rotatable bonds is 7. The molecule has 2 amide bonds. The zero-order valence-electron chi connectivity index (χ0n) is 17.3. The number of carbonyl (C=O) groups is 2. The second-order valence-electron chi connectivity index (χ2n) is 7.78. The molecule has 2 heterocycles. The van der Waals surface area contributed by atoms with Gasteiger partial charge in [-0.2, -0.15) is 0 Å². The fourth-order valence-electron chi connectivity index (χ4n) is 4.15. The number of piperazine rings is 1. The maximum absolute atomic E-state index is 13.4. The summed E-state index contributed by atoms with van der Waals surface area (Å²) in [6.45, 7) is 3.86. The lowest BCUT2D eigenvalue weighted by Gasteiger charge is -2.36. The highest BCUT2D eigenvalue weighted by Gasteiger charge is 2.41. The highest BCUT2D eigenvalue weighted by atomic mass is 35.5. The Morgan fingerprint density at radius 1 is 0.839 bits per heavy atom. The predicted octanol–water partition coefficient (Wildman–Crippen LogP) is 2.27. The molecule has 2 aromatic rings. The van der Waals surface area contributed by atoms with E-state index in [9.17, 15) is 14.7 Å². The number of β-amino-alcohol motifs (C(OH)–C–C–N with tert-alkyl or cyclic N) is 1. The summed E-state index contributed by atoms with van der Waals surface area (Å²) in [5.74, 6) is -0.466. The monoisotopic (exact) mass is 439 g/mol. The Labute approximate surface area is 187 Å². The van der Waals surface area contributed by atoms with E-state index >= 15 is 0 Å². The predicted molar refractivity (Wildman–Crippen MR) is 120 cm³/mol. The first-order chi connectivity index (χ1) is 15.1. The molecule has 7 heteroatoms. The van der Waals surface area contributed by atoms with E-state index in [1.54, 1.807) is 0 Å². The number of hydrogen-bond acceptors (Lipinski definition) is 5. The van der Waals surface area contributed by atoms with Crippen LogP contribution in [0.4, 0.5) is 0 Å². The van der Waals surface area contributed by atoms with Gasteiger partial charge in [0.2, 0.25) is 0 Å². The molecule has 2 aromatic carbocycles. The minimum atomic E-state index is -0.238. The smallest absolute Gasteiger partial charge is 0.277 e. The molecule has 0 aromatic heterocycles. The maximum Gasteiger partial charge on any atom is 0.277 e. The average molecular weight is 440 g/mol. The van der Waals surface area contributed by atoms with Crippen molar-refractivity contribution in [2.24, 2.45) is 0 Å². The van der Waals surface area contributed by atoms with Gasteiger partial charge in [0.1, 0.15) is 5.70 Å². The number of aliphatic hydroxyl groups is 1. The fourth-order valence-corrected chi connectivity index (χ4v) is 4.28. The molecule has 1 N–H and O–H groups in total. The van der Waals surface area contributed by atoms with Crippen molar-refractivity contribution in [2.75, 3.05) is 45.9 Å². The molecular formula is C24H26ClN3O3. The zero-order chi connectivity index (χ0) is 21.8. The molecule has 0 unspecified atom stereocenters. The zero-order valence-corrected chi connectivity index (χ0v) is 18.1. The summed E-state index contributed by atoms with van der Waals surface area (Å²) in [6, 6.07) is 16.9. The first-order valence-corrected chi connectivity index (χ1v) is 10.9. The summed E-state index contributed by atoms with van der Waals surface area (Å²) in [5, 5.41) is 9.85. The lowest BCUT2D eigenvalue weighted by molar-refractivity contribution is -0.137. The second kappa shape index (κ2) is 9.64. The molecule has 2 aliphatic heterocycles. The Morgan fingerprint density at radius 2 is 1.52 bits per heavy atom. The van der Waals surface area contributed by atoms with Gasteiger partial charge in [-0.25, -0.2) is 0 Å². The average Bonchev–Trinajstić information content (AvgIpc) is 3.04. The minimum absolute atomic E-state index is 0.119. The van der Waals surface area contributed by atoms with E-state index < -0.39 is 0 Å². The summed E-state index contributed by atoms with van der Waals surface area (Å²) in [4.78, 5) is 32.3. The van der Waals surface area contributed by atoms with Crippen LogP contribution in [0.5, 0.6) is 0 Å². The van der Waals surface area contributed by atoms with Crippen LogP contribution in [0.1, 0.15) is 11.1 Å². The van der Waals surface area contributed by atoms with Crippen molar-refractivity contribution >= 4 is 29.0 Å². The van der Waals surface area contributed by atoms with Crippen LogP contribution in [0.15, 0.2) is 60.3 Å². The van der Waals surface area contributed by atoms with Gasteiger partial charge in [0.05, 0.1) is 12.2 Å². The number of amides is 2. The van der Waals surface area contributed by atoms with Crippen molar-refractivity contribution in [3.63, 3.8) is 0 Å². The van der Waals surface area contributed by atoms with Crippen molar-refractivity contribution < 1.29 is 14.7 Å². The minimum Gasteiger partial charge on any atom is -0.395 e. The van der Waals surface area contributed by atoms with Crippen LogP contribution in [0, 0.1) is 0 Å². The highest BCUT2D eigenvalue weighted by Crippen LogP contribution is 2.32. The van der Waals surface area contributed by atoms with E-state index in [1.807, 2.05) is 59.5 Å². The molecule has 6 nitrogen and oxygen atoms in total. The Morgan fingerprint density at radius 3 is 2.16 bits per heavy atom. The third kappa shape index (κ3) is 4.66. The summed E-state index contributed by atoms with van der Waals surface area (Å²) in [6.07, 6.45) is 0.578. The number of carbonyl (C=O) groups excluding carboxylic acids is 2. The van der Waals surface area contributed by atoms with Crippen molar-refractivity contribution in [2.45, 2.75) is 6.42 Å². The lowest BCUT2D eigenvalue weighted by Crippen LogP contribution is -2.48. The molecule has 0 saturated carbocycles. The largest absolute Gasteiger partial charge is 0.395 e. The van der Waals surface area contributed by atoms with Gasteiger partial charge in [-0.1, -0.05) is 54.1 Å². The van der Waals surface area contributed by atoms with Crippen LogP contribution in [-0.2, 0) is 16.0 Å². The molecule has 0 bridgehead atoms. The first kappa shape index (κ1) is 21.6. The first-order valence-electron chi connectivity index (χ1n) is 10.6. The van der Waals surface area contributed by atoms with E-state index in [1.165, 1.54) is 4.90 Å². The third-order valence-electron chi connectivity index (χ3n) is 5.85. The maximum atomic E-state index is 13.4. The fraction of sp³-hybridized carbons (Fsp3) is 0.333. The standard InChI is InChI=1S/C24H26ClN3O3/c25-20-8-6-18(7-9-20)10-11-28-23(30)21(19-4-2-1-3-5-19)22(24(28)31)27-14-12-26(13-15-27)16-17-29/h1-9,29H,10-17H2. The van der Waals surface area contributed by atoms with Gasteiger partial charge in [-0.15, -0.1) is 0 Å². The van der Waals surface area contributed by atoms with Gasteiger partial charge >= 0.3 is 0 Å². The summed E-state index contributed by atoms with van der Waals surface area (Å²) < 4.78 is 0. The van der Waals surface area contributed by atoms with Crippen molar-refractivity contribution in [3.8, 4) is 0 Å². The number of aliphatic hydroxyl groups excluding tert-OH is 1. The number of halogens is 1. The van der Waals surface area contributed by atoms with Gasteiger partial charge in [0.15, 0.2) is 0 Å². The molecule has 0 aliphatic carbocycles. The van der Waals surface area contributed by atoms with Crippen molar-refractivity contribution in [1.82, 2.24) is 14.7 Å². The number of hydrogen-bond donors (Lipinski definition) is 1. The number of imide groups is 1. The van der Waals surface area contributed by atoms with Crippen LogP contribution in [0.2, 0.25) is 5.02 Å². The third-order valence-corrected chi connectivity index (χ3v) is 6.10. The van der Waals surface area contributed by atoms with Gasteiger partial charge in [-0.05, 0) is 29.7 Å². The molecule has 0 spiro atoms. The topological polar surface area (TPSA) is 64.1 Å². The molecule has 162 valence electrons. The summed E-state index contributed by atoms with van der Waals surface area (Å²) >= 11 is 5.96. The van der Waals surface area contributed by atoms with Crippen molar-refractivity contribution in [3.05, 3.63) is 76.4 Å². The molecule has 4 rings (SSSR count). The second-order valence-corrected chi connectivity index (χ2v) is 8.22. The molecule has 2 aliphatic rings. The molecule has 0 radical (unpaired) electrons. The Bertz CT molecular complexity index is 967. The Kier molecular flexibility index (Phi) is 6.70. The molecule has 31 heavy (non-hydrogen) atoms. The lowest BCUT2D eigenvalue weighted by atomic mass is 10.0. The van der Waals surface area contributed by atoms with Crippen LogP contribution in [0.25, 0.3) is 5.57 Å². The number of nitrogens with zero attached hydrogens (tertiary/aromatic N) is 3. The molecule has 1 fully saturated rings. The van der Waals surface area contributed by atoms with E-state index in [0.717, 1.165) is 24.2 Å². The van der Waals surface area contributed by atoms with E-state index in [2.05, 4.69) is 4.90 Å². The Balaban J connectivity index is 1.58. The van der Waals surface area contributed by atoms with E-state index in [4.69, 9.17) is 11.6 Å². The molecule has 0 atom stereocenters. The summed E-state index contributed by atoms with van der Waals surface area (Å²) in [5.41, 5.74) is 2.77. The van der Waals surface area contributed by atoms with E-state index in [0.29, 0.717) is 48.9 Å². The number of benzene rings is 2. The van der Waals surface area contributed by atoms with Crippen LogP contribution < -0.4 is 0 Å². The molecule has 1 saturated heterocycles. The normalized spacial score (nSPS) is 17.7.